The first-order chi connectivity index (χ1) is 21.2. The van der Waals surface area contributed by atoms with Gasteiger partial charge in [0.25, 0.3) is 0 Å². The van der Waals surface area contributed by atoms with Crippen LogP contribution in [0.1, 0.15) is 63.3 Å². The quantitative estimate of drug-likeness (QED) is 0.229. The molecular formula is C33H50N6O5. The first-order valence-electron chi connectivity index (χ1n) is 16.0. The highest BCUT2D eigenvalue weighted by Crippen LogP contribution is 2.33. The fourth-order valence-electron chi connectivity index (χ4n) is 5.56. The number of amides is 1. The zero-order valence-electron chi connectivity index (χ0n) is 27.2. The van der Waals surface area contributed by atoms with E-state index in [-0.39, 0.29) is 6.54 Å². The maximum atomic E-state index is 13.6. The molecule has 2 aliphatic rings. The number of esters is 1. The molecule has 1 saturated heterocycles. The molecule has 0 aliphatic carbocycles. The van der Waals surface area contributed by atoms with Crippen LogP contribution < -0.4 is 9.64 Å². The standard InChI is InChI=1S/C33H50N6O5/c1-6-8-20-42-30(40)33(3)25-38(17-18-39(33)32(41)44-21-9-7-2)29-27-15-16-37(23-26-13-11-10-12-14-26)24-28(27)34-31(35-29)43-22-19-36(4)5/h10-14H,6-9,15-25H2,1-5H3. The van der Waals surface area contributed by atoms with E-state index in [4.69, 9.17) is 24.2 Å². The van der Waals surface area contributed by atoms with Gasteiger partial charge < -0.3 is 24.0 Å². The summed E-state index contributed by atoms with van der Waals surface area (Å²) in [5, 5.41) is 0. The van der Waals surface area contributed by atoms with Crippen molar-refractivity contribution in [3.63, 3.8) is 0 Å². The monoisotopic (exact) mass is 610 g/mol. The second-order valence-electron chi connectivity index (χ2n) is 12.2. The second kappa shape index (κ2) is 16.0. The molecule has 1 aromatic heterocycles. The van der Waals surface area contributed by atoms with Crippen LogP contribution in [0.5, 0.6) is 6.01 Å². The van der Waals surface area contributed by atoms with Crippen LogP contribution in [0.3, 0.4) is 0 Å². The molecule has 11 heteroatoms. The number of piperazine rings is 1. The fraction of sp³-hybridized carbons (Fsp3) is 0.636. The first-order valence-corrected chi connectivity index (χ1v) is 16.0. The lowest BCUT2D eigenvalue weighted by Gasteiger charge is -2.47. The molecule has 0 radical (unpaired) electrons. The summed E-state index contributed by atoms with van der Waals surface area (Å²) in [7, 11) is 3.99. The molecule has 2 aromatic rings. The summed E-state index contributed by atoms with van der Waals surface area (Å²) < 4.78 is 17.3. The van der Waals surface area contributed by atoms with Crippen molar-refractivity contribution in [1.29, 1.82) is 0 Å². The number of benzene rings is 1. The molecule has 0 saturated carbocycles. The van der Waals surface area contributed by atoms with Gasteiger partial charge in [0.05, 0.1) is 25.5 Å². The Morgan fingerprint density at radius 2 is 1.68 bits per heavy atom. The highest BCUT2D eigenvalue weighted by atomic mass is 16.6. The Bertz CT molecular complexity index is 1230. The molecule has 1 atom stereocenters. The van der Waals surface area contributed by atoms with Gasteiger partial charge in [-0.1, -0.05) is 57.0 Å². The number of unbranched alkanes of at least 4 members (excludes halogenated alkanes) is 2. The van der Waals surface area contributed by atoms with Gasteiger partial charge in [0.1, 0.15) is 12.4 Å². The van der Waals surface area contributed by atoms with Crippen LogP contribution in [0.25, 0.3) is 0 Å². The lowest BCUT2D eigenvalue weighted by atomic mass is 9.95. The van der Waals surface area contributed by atoms with Gasteiger partial charge >= 0.3 is 18.1 Å². The van der Waals surface area contributed by atoms with E-state index in [2.05, 4.69) is 39.0 Å². The number of carbonyl (C=O) groups is 2. The average Bonchev–Trinajstić information content (AvgIpc) is 3.01. The molecule has 44 heavy (non-hydrogen) atoms. The van der Waals surface area contributed by atoms with Crippen LogP contribution in [0, 0.1) is 0 Å². The van der Waals surface area contributed by atoms with Gasteiger partial charge in [-0.2, -0.15) is 9.97 Å². The molecule has 1 unspecified atom stereocenters. The number of carbonyl (C=O) groups excluding carboxylic acids is 2. The molecule has 1 aromatic carbocycles. The molecule has 0 bridgehead atoms. The van der Waals surface area contributed by atoms with Crippen LogP contribution in [-0.2, 0) is 33.8 Å². The molecule has 0 N–H and O–H groups in total. The lowest BCUT2D eigenvalue weighted by molar-refractivity contribution is -0.157. The maximum Gasteiger partial charge on any atom is 0.410 e. The van der Waals surface area contributed by atoms with Crippen LogP contribution >= 0.6 is 0 Å². The van der Waals surface area contributed by atoms with E-state index in [9.17, 15) is 9.59 Å². The van der Waals surface area contributed by atoms with Gasteiger partial charge in [-0.05, 0) is 45.8 Å². The molecule has 4 rings (SSSR count). The Kier molecular flexibility index (Phi) is 12.2. The van der Waals surface area contributed by atoms with Gasteiger partial charge in [-0.15, -0.1) is 0 Å². The summed E-state index contributed by atoms with van der Waals surface area (Å²) in [6.07, 6.45) is 3.64. The zero-order chi connectivity index (χ0) is 31.5. The minimum absolute atomic E-state index is 0.231. The van der Waals surface area contributed by atoms with Gasteiger partial charge in [0.2, 0.25) is 0 Å². The number of anilines is 1. The minimum atomic E-state index is -1.24. The van der Waals surface area contributed by atoms with Crippen molar-refractivity contribution in [2.24, 2.45) is 0 Å². The van der Waals surface area contributed by atoms with Crippen molar-refractivity contribution in [2.75, 3.05) is 71.5 Å². The summed E-state index contributed by atoms with van der Waals surface area (Å²) in [6.45, 7) is 11.1. The summed E-state index contributed by atoms with van der Waals surface area (Å²) in [5.74, 6) is 0.336. The van der Waals surface area contributed by atoms with Crippen LogP contribution in [-0.4, -0.2) is 109 Å². The molecule has 11 nitrogen and oxygen atoms in total. The number of ether oxygens (including phenoxy) is 3. The van der Waals surface area contributed by atoms with Crippen molar-refractivity contribution < 1.29 is 23.8 Å². The molecular weight excluding hydrogens is 560 g/mol. The molecule has 2 aliphatic heterocycles. The van der Waals surface area contributed by atoms with Gasteiger partial charge in [0.15, 0.2) is 5.54 Å². The third kappa shape index (κ3) is 8.59. The van der Waals surface area contributed by atoms with Gasteiger partial charge in [-0.3, -0.25) is 9.80 Å². The normalized spacial score (nSPS) is 18.7. The predicted molar refractivity (Wildman–Crippen MR) is 170 cm³/mol. The Hall–Kier alpha value is -3.44. The number of nitrogens with zero attached hydrogens (tertiary/aromatic N) is 6. The first kappa shape index (κ1) is 33.5. The zero-order valence-corrected chi connectivity index (χ0v) is 27.2. The summed E-state index contributed by atoms with van der Waals surface area (Å²) in [5.41, 5.74) is 2.01. The number of hydrogen-bond acceptors (Lipinski definition) is 10. The van der Waals surface area contributed by atoms with Crippen molar-refractivity contribution in [2.45, 2.75) is 71.5 Å². The largest absolute Gasteiger partial charge is 0.464 e. The number of likely N-dealkylation sites (N-methyl/N-ethyl adjacent to an activating group) is 1. The highest BCUT2D eigenvalue weighted by Gasteiger charge is 2.49. The van der Waals surface area contributed by atoms with Crippen molar-refractivity contribution in [3.8, 4) is 6.01 Å². The SMILES string of the molecule is CCCCOC(=O)N1CCN(c2nc(OCCN(C)C)nc3c2CCN(Cc2ccccc2)C3)CC1(C)C(=O)OCCCC. The summed E-state index contributed by atoms with van der Waals surface area (Å²) in [4.78, 5) is 44.7. The van der Waals surface area contributed by atoms with E-state index in [0.29, 0.717) is 45.5 Å². The Labute approximate surface area is 262 Å². The van der Waals surface area contributed by atoms with Gasteiger partial charge in [-0.25, -0.2) is 9.59 Å². The van der Waals surface area contributed by atoms with Crippen LogP contribution in [0.15, 0.2) is 30.3 Å². The predicted octanol–water partition coefficient (Wildman–Crippen LogP) is 4.14. The van der Waals surface area contributed by atoms with E-state index < -0.39 is 17.6 Å². The topological polar surface area (TPSA) is 101 Å². The van der Waals surface area contributed by atoms with Crippen molar-refractivity contribution in [1.82, 2.24) is 24.7 Å². The molecule has 3 heterocycles. The van der Waals surface area contributed by atoms with E-state index in [0.717, 1.165) is 68.8 Å². The van der Waals surface area contributed by atoms with Crippen molar-refractivity contribution in [3.05, 3.63) is 47.2 Å². The van der Waals surface area contributed by atoms with Gasteiger partial charge in [0, 0.05) is 44.8 Å². The van der Waals surface area contributed by atoms with Crippen molar-refractivity contribution >= 4 is 17.9 Å². The Morgan fingerprint density at radius 1 is 0.955 bits per heavy atom. The van der Waals surface area contributed by atoms with E-state index in [1.165, 1.54) is 10.5 Å². The summed E-state index contributed by atoms with van der Waals surface area (Å²) >= 11 is 0. The smallest absolute Gasteiger partial charge is 0.410 e. The number of rotatable bonds is 14. The van der Waals surface area contributed by atoms with E-state index in [1.807, 2.05) is 34.0 Å². The summed E-state index contributed by atoms with van der Waals surface area (Å²) in [6, 6.07) is 10.8. The third-order valence-corrected chi connectivity index (χ3v) is 8.22. The van der Waals surface area contributed by atoms with Crippen LogP contribution in [0.4, 0.5) is 10.6 Å². The Morgan fingerprint density at radius 3 is 2.39 bits per heavy atom. The Balaban J connectivity index is 1.62. The maximum absolute atomic E-state index is 13.6. The lowest BCUT2D eigenvalue weighted by Crippen LogP contribution is -2.67. The molecule has 242 valence electrons. The fourth-order valence-corrected chi connectivity index (χ4v) is 5.56. The van der Waals surface area contributed by atoms with E-state index in [1.54, 1.807) is 6.92 Å². The number of fused-ring (bicyclic) bond motifs is 1. The van der Waals surface area contributed by atoms with E-state index >= 15 is 0 Å². The average molecular weight is 611 g/mol. The van der Waals surface area contributed by atoms with Crippen LogP contribution in [0.2, 0.25) is 0 Å². The molecule has 1 amide bonds. The third-order valence-electron chi connectivity index (χ3n) is 8.22. The number of hydrogen-bond donors (Lipinski definition) is 0. The minimum Gasteiger partial charge on any atom is -0.464 e. The highest BCUT2D eigenvalue weighted by molar-refractivity contribution is 5.87. The number of aromatic nitrogens is 2. The molecule has 1 fully saturated rings. The molecule has 0 spiro atoms. The second-order valence-corrected chi connectivity index (χ2v) is 12.2.